The molecular formula is C33H28N2O4S. The zero-order valence-electron chi connectivity index (χ0n) is 22.0. The van der Waals surface area contributed by atoms with Gasteiger partial charge >= 0.3 is 0 Å². The van der Waals surface area contributed by atoms with Crippen molar-refractivity contribution in [1.29, 1.82) is 0 Å². The van der Waals surface area contributed by atoms with E-state index in [4.69, 9.17) is 4.74 Å². The highest BCUT2D eigenvalue weighted by molar-refractivity contribution is 7.92. The van der Waals surface area contributed by atoms with Crippen LogP contribution in [0.4, 0.5) is 5.69 Å². The number of benzene rings is 4. The molecule has 0 N–H and O–H groups in total. The van der Waals surface area contributed by atoms with Crippen LogP contribution in [0.5, 0.6) is 5.75 Å². The molecule has 0 bridgehead atoms. The number of fused-ring (bicyclic) bond motifs is 3. The lowest BCUT2D eigenvalue weighted by atomic mass is 9.95. The minimum Gasteiger partial charge on any atom is -0.487 e. The second-order valence-electron chi connectivity index (χ2n) is 9.85. The molecule has 0 fully saturated rings. The Kier molecular flexibility index (Phi) is 6.52. The molecule has 1 unspecified atom stereocenters. The number of rotatable bonds is 7. The maximum atomic E-state index is 13.9. The summed E-state index contributed by atoms with van der Waals surface area (Å²) >= 11 is 0. The summed E-state index contributed by atoms with van der Waals surface area (Å²) in [6.45, 7) is 6.44. The highest BCUT2D eigenvalue weighted by atomic mass is 32.2. The van der Waals surface area contributed by atoms with Crippen LogP contribution in [-0.2, 0) is 16.6 Å². The van der Waals surface area contributed by atoms with Crippen molar-refractivity contribution in [3.8, 4) is 5.75 Å². The van der Waals surface area contributed by atoms with Crippen molar-refractivity contribution < 1.29 is 17.9 Å². The number of hydrogen-bond acceptors (Lipinski definition) is 4. The number of anilines is 1. The first-order valence-corrected chi connectivity index (χ1v) is 14.5. The minimum atomic E-state index is -3.86. The number of hydrogen-bond donors (Lipinski definition) is 0. The van der Waals surface area contributed by atoms with Gasteiger partial charge in [-0.05, 0) is 47.9 Å². The molecule has 6 nitrogen and oxygen atoms in total. The molecular weight excluding hydrogens is 520 g/mol. The summed E-state index contributed by atoms with van der Waals surface area (Å²) in [6.07, 6.45) is 3.59. The Morgan fingerprint density at radius 2 is 1.60 bits per heavy atom. The van der Waals surface area contributed by atoms with Crippen molar-refractivity contribution in [2.24, 2.45) is 0 Å². The molecule has 1 aliphatic heterocycles. The lowest BCUT2D eigenvalue weighted by molar-refractivity contribution is 0.0964. The first kappa shape index (κ1) is 25.6. The highest BCUT2D eigenvalue weighted by Gasteiger charge is 2.39. The minimum absolute atomic E-state index is 0.190. The molecule has 40 heavy (non-hydrogen) atoms. The summed E-state index contributed by atoms with van der Waals surface area (Å²) in [5, 5.41) is 0.806. The van der Waals surface area contributed by atoms with Crippen LogP contribution < -0.4 is 9.04 Å². The van der Waals surface area contributed by atoms with E-state index in [-0.39, 0.29) is 29.9 Å². The van der Waals surface area contributed by atoms with Crippen molar-refractivity contribution in [3.63, 3.8) is 0 Å². The van der Waals surface area contributed by atoms with E-state index >= 15 is 0 Å². The number of ether oxygens (including phenoxy) is 1. The molecule has 0 spiro atoms. The van der Waals surface area contributed by atoms with E-state index < -0.39 is 10.0 Å². The standard InChI is InChI=1S/C33H28N2O4S/c1-3-25-21-35(40(37,38)27-17-11-6-12-18-27)28-19-29(39-22-24-13-7-4-8-14-24)32-30(31(25)28)23(2)20-34(32)33(36)26-15-9-5-10-16-26/h3-20,25H,1,21-22H2,2H3. The summed E-state index contributed by atoms with van der Waals surface area (Å²) in [4.78, 5) is 14.0. The largest absolute Gasteiger partial charge is 0.487 e. The molecule has 1 aromatic heterocycles. The third kappa shape index (κ3) is 4.28. The third-order valence-electron chi connectivity index (χ3n) is 7.34. The Hall–Kier alpha value is -4.62. The molecule has 7 heteroatoms. The van der Waals surface area contributed by atoms with Crippen LogP contribution in [0.1, 0.15) is 33.0 Å². The van der Waals surface area contributed by atoms with Crippen LogP contribution in [0, 0.1) is 6.92 Å². The van der Waals surface area contributed by atoms with Gasteiger partial charge in [-0.15, -0.1) is 6.58 Å². The van der Waals surface area contributed by atoms with Gasteiger partial charge in [-0.25, -0.2) is 8.42 Å². The van der Waals surface area contributed by atoms with Crippen molar-refractivity contribution >= 4 is 32.5 Å². The van der Waals surface area contributed by atoms with E-state index in [0.29, 0.717) is 22.5 Å². The second kappa shape index (κ2) is 10.2. The maximum Gasteiger partial charge on any atom is 0.264 e. The van der Waals surface area contributed by atoms with Gasteiger partial charge < -0.3 is 4.74 Å². The van der Waals surface area contributed by atoms with Gasteiger partial charge in [0.15, 0.2) is 0 Å². The van der Waals surface area contributed by atoms with E-state index in [1.165, 1.54) is 4.31 Å². The van der Waals surface area contributed by atoms with Crippen LogP contribution >= 0.6 is 0 Å². The van der Waals surface area contributed by atoms with Crippen LogP contribution in [0.3, 0.4) is 0 Å². The number of aryl methyl sites for hydroxylation is 1. The predicted molar refractivity (Wildman–Crippen MR) is 158 cm³/mol. The quantitative estimate of drug-likeness (QED) is 0.212. The summed E-state index contributed by atoms with van der Waals surface area (Å²) in [7, 11) is -3.86. The summed E-state index contributed by atoms with van der Waals surface area (Å²) in [6, 6.07) is 29.0. The molecule has 0 aliphatic carbocycles. The molecule has 2 heterocycles. The van der Waals surface area contributed by atoms with Gasteiger partial charge in [0.2, 0.25) is 0 Å². The summed E-state index contributed by atoms with van der Waals surface area (Å²) in [5.41, 5.74) is 4.34. The van der Waals surface area contributed by atoms with E-state index in [1.54, 1.807) is 59.2 Å². The number of sulfonamides is 1. The first-order chi connectivity index (χ1) is 19.4. The fourth-order valence-electron chi connectivity index (χ4n) is 5.43. The number of carbonyl (C=O) groups excluding carboxylic acids is 1. The molecule has 1 aliphatic rings. The van der Waals surface area contributed by atoms with Gasteiger partial charge in [-0.1, -0.05) is 72.8 Å². The van der Waals surface area contributed by atoms with Crippen LogP contribution in [0.25, 0.3) is 10.9 Å². The van der Waals surface area contributed by atoms with E-state index in [1.807, 2.05) is 61.7 Å². The normalized spacial score (nSPS) is 14.7. The van der Waals surface area contributed by atoms with E-state index in [0.717, 1.165) is 22.1 Å². The van der Waals surface area contributed by atoms with Gasteiger partial charge in [0.1, 0.15) is 12.4 Å². The molecule has 0 amide bonds. The van der Waals surface area contributed by atoms with Crippen LogP contribution in [0.15, 0.2) is 121 Å². The van der Waals surface area contributed by atoms with Crippen molar-refractivity contribution in [2.75, 3.05) is 10.8 Å². The summed E-state index contributed by atoms with van der Waals surface area (Å²) in [5.74, 6) is -0.0152. The third-order valence-corrected chi connectivity index (χ3v) is 9.13. The van der Waals surface area contributed by atoms with Crippen molar-refractivity contribution in [3.05, 3.63) is 138 Å². The van der Waals surface area contributed by atoms with Gasteiger partial charge in [0, 0.05) is 35.7 Å². The Bertz CT molecular complexity index is 1830. The Morgan fingerprint density at radius 1 is 0.975 bits per heavy atom. The average Bonchev–Trinajstić information content (AvgIpc) is 3.55. The Labute approximate surface area is 233 Å². The summed E-state index contributed by atoms with van der Waals surface area (Å²) < 4.78 is 37.2. The van der Waals surface area contributed by atoms with Gasteiger partial charge in [0.25, 0.3) is 15.9 Å². The zero-order chi connectivity index (χ0) is 27.9. The molecule has 5 aromatic rings. The smallest absolute Gasteiger partial charge is 0.264 e. The van der Waals surface area contributed by atoms with Gasteiger partial charge in [-0.3, -0.25) is 13.7 Å². The molecule has 0 saturated carbocycles. The molecule has 200 valence electrons. The van der Waals surface area contributed by atoms with Crippen molar-refractivity contribution in [1.82, 2.24) is 4.57 Å². The Balaban J connectivity index is 1.58. The molecule has 0 saturated heterocycles. The SMILES string of the molecule is C=CC1CN(S(=O)(=O)c2ccccc2)c2cc(OCc3ccccc3)c3c(c(C)cn3C(=O)c3ccccc3)c21. The highest BCUT2D eigenvalue weighted by Crippen LogP contribution is 2.49. The van der Waals surface area contributed by atoms with Crippen LogP contribution in [0.2, 0.25) is 0 Å². The van der Waals surface area contributed by atoms with E-state index in [2.05, 4.69) is 6.58 Å². The monoisotopic (exact) mass is 548 g/mol. The molecule has 0 radical (unpaired) electrons. The lowest BCUT2D eigenvalue weighted by Crippen LogP contribution is -2.29. The fraction of sp³-hybridized carbons (Fsp3) is 0.121. The van der Waals surface area contributed by atoms with Gasteiger partial charge in [0.05, 0.1) is 16.1 Å². The van der Waals surface area contributed by atoms with Crippen LogP contribution in [-0.4, -0.2) is 25.4 Å². The topological polar surface area (TPSA) is 68.6 Å². The molecule has 4 aromatic carbocycles. The number of carbonyl (C=O) groups is 1. The van der Waals surface area contributed by atoms with E-state index in [9.17, 15) is 13.2 Å². The number of aromatic nitrogens is 1. The predicted octanol–water partition coefficient (Wildman–Crippen LogP) is 6.70. The maximum absolute atomic E-state index is 13.9. The molecule has 1 atom stereocenters. The average molecular weight is 549 g/mol. The second-order valence-corrected chi connectivity index (χ2v) is 11.7. The number of nitrogens with zero attached hydrogens (tertiary/aromatic N) is 2. The first-order valence-electron chi connectivity index (χ1n) is 13.1. The fourth-order valence-corrected chi connectivity index (χ4v) is 6.95. The van der Waals surface area contributed by atoms with Gasteiger partial charge in [-0.2, -0.15) is 0 Å². The van der Waals surface area contributed by atoms with Crippen molar-refractivity contribution in [2.45, 2.75) is 24.3 Å². The Morgan fingerprint density at radius 3 is 2.25 bits per heavy atom. The molecule has 6 rings (SSSR count). The zero-order valence-corrected chi connectivity index (χ0v) is 22.8. The lowest BCUT2D eigenvalue weighted by Gasteiger charge is -2.21.